The summed E-state index contributed by atoms with van der Waals surface area (Å²) in [7, 11) is 1.49. The van der Waals surface area contributed by atoms with Gasteiger partial charge in [-0.25, -0.2) is 4.98 Å². The zero-order valence-electron chi connectivity index (χ0n) is 15.1. The predicted molar refractivity (Wildman–Crippen MR) is 105 cm³/mol. The number of phenols is 1. The molecular weight excluding hydrogens is 362 g/mol. The first-order valence-corrected chi connectivity index (χ1v) is 9.12. The van der Waals surface area contributed by atoms with E-state index in [0.29, 0.717) is 15.2 Å². The lowest BCUT2D eigenvalue weighted by Gasteiger charge is -2.03. The van der Waals surface area contributed by atoms with Crippen LogP contribution in [0.5, 0.6) is 11.5 Å². The second-order valence-corrected chi connectivity index (χ2v) is 7.27. The molecule has 4 aromatic rings. The molecule has 0 saturated carbocycles. The van der Waals surface area contributed by atoms with Gasteiger partial charge >= 0.3 is 0 Å². The van der Waals surface area contributed by atoms with E-state index >= 15 is 0 Å². The third-order valence-electron chi connectivity index (χ3n) is 4.18. The van der Waals surface area contributed by atoms with E-state index in [2.05, 4.69) is 9.97 Å². The van der Waals surface area contributed by atoms with Crippen molar-refractivity contribution in [3.63, 3.8) is 0 Å². The number of pyridine rings is 1. The standard InChI is InChI=1S/C20H17N3O3S/c1-11-6-14(7-12(2)21-11)15-10-23-19(25)18(27-20(23)22-15)9-13-4-5-16(24)17(8-13)26-3/h4-10,24H,1-3H3/b18-9-. The molecule has 0 unspecified atom stereocenters. The van der Waals surface area contributed by atoms with Gasteiger partial charge < -0.3 is 9.84 Å². The van der Waals surface area contributed by atoms with Crippen molar-refractivity contribution in [3.8, 4) is 22.8 Å². The Labute approximate surface area is 159 Å². The molecule has 1 aromatic carbocycles. The maximum atomic E-state index is 12.7. The minimum absolute atomic E-state index is 0.0607. The largest absolute Gasteiger partial charge is 0.504 e. The van der Waals surface area contributed by atoms with Crippen molar-refractivity contribution in [2.24, 2.45) is 0 Å². The highest BCUT2D eigenvalue weighted by molar-refractivity contribution is 7.15. The number of methoxy groups -OCH3 is 1. The van der Waals surface area contributed by atoms with Crippen molar-refractivity contribution in [3.05, 3.63) is 68.4 Å². The molecule has 0 fully saturated rings. The Hall–Kier alpha value is -3.19. The molecule has 7 heteroatoms. The van der Waals surface area contributed by atoms with Crippen LogP contribution in [-0.4, -0.2) is 26.6 Å². The number of aromatic nitrogens is 3. The summed E-state index contributed by atoms with van der Waals surface area (Å²) in [5.41, 5.74) is 4.18. The van der Waals surface area contributed by atoms with Crippen LogP contribution < -0.4 is 14.8 Å². The van der Waals surface area contributed by atoms with Gasteiger partial charge in [-0.1, -0.05) is 17.4 Å². The van der Waals surface area contributed by atoms with Gasteiger partial charge in [0.1, 0.15) is 0 Å². The maximum absolute atomic E-state index is 12.7. The minimum atomic E-state index is -0.122. The molecule has 3 aromatic heterocycles. The number of thiazole rings is 1. The first kappa shape index (κ1) is 17.2. The molecule has 0 atom stereocenters. The highest BCUT2D eigenvalue weighted by Gasteiger charge is 2.11. The van der Waals surface area contributed by atoms with Crippen LogP contribution in [0.4, 0.5) is 0 Å². The van der Waals surface area contributed by atoms with Crippen molar-refractivity contribution in [2.75, 3.05) is 7.11 Å². The van der Waals surface area contributed by atoms with Gasteiger partial charge in [0.25, 0.3) is 5.56 Å². The van der Waals surface area contributed by atoms with Crippen LogP contribution in [0.2, 0.25) is 0 Å². The quantitative estimate of drug-likeness (QED) is 0.592. The van der Waals surface area contributed by atoms with E-state index in [1.54, 1.807) is 34.9 Å². The Balaban J connectivity index is 1.80. The summed E-state index contributed by atoms with van der Waals surface area (Å²) in [6.07, 6.45) is 3.53. The van der Waals surface area contributed by atoms with Crippen LogP contribution in [0.15, 0.2) is 41.3 Å². The van der Waals surface area contributed by atoms with Crippen molar-refractivity contribution in [1.82, 2.24) is 14.4 Å². The summed E-state index contributed by atoms with van der Waals surface area (Å²) >= 11 is 1.33. The van der Waals surface area contributed by atoms with E-state index in [0.717, 1.165) is 28.2 Å². The lowest BCUT2D eigenvalue weighted by Crippen LogP contribution is -2.22. The fourth-order valence-electron chi connectivity index (χ4n) is 2.99. The Kier molecular flexibility index (Phi) is 4.16. The minimum Gasteiger partial charge on any atom is -0.504 e. The van der Waals surface area contributed by atoms with E-state index in [9.17, 15) is 9.90 Å². The van der Waals surface area contributed by atoms with Gasteiger partial charge in [0, 0.05) is 23.1 Å². The molecule has 0 saturated heterocycles. The van der Waals surface area contributed by atoms with Crippen molar-refractivity contribution < 1.29 is 9.84 Å². The highest BCUT2D eigenvalue weighted by Crippen LogP contribution is 2.26. The van der Waals surface area contributed by atoms with Crippen molar-refractivity contribution in [1.29, 1.82) is 0 Å². The van der Waals surface area contributed by atoms with Crippen LogP contribution in [0.25, 0.3) is 22.3 Å². The fraction of sp³-hybridized carbons (Fsp3) is 0.150. The first-order valence-electron chi connectivity index (χ1n) is 8.31. The van der Waals surface area contributed by atoms with Gasteiger partial charge in [0.05, 0.1) is 17.3 Å². The number of hydrogen-bond donors (Lipinski definition) is 1. The number of imidazole rings is 1. The molecule has 0 spiro atoms. The summed E-state index contributed by atoms with van der Waals surface area (Å²) in [6.45, 7) is 3.87. The van der Waals surface area contributed by atoms with Gasteiger partial charge in [0.15, 0.2) is 16.5 Å². The van der Waals surface area contributed by atoms with Crippen LogP contribution >= 0.6 is 11.3 Å². The molecule has 0 aliphatic rings. The van der Waals surface area contributed by atoms with E-state index in [1.807, 2.05) is 26.0 Å². The SMILES string of the molecule is COc1cc(/C=c2\sc3nc(-c4cc(C)nc(C)c4)cn3c2=O)ccc1O. The lowest BCUT2D eigenvalue weighted by molar-refractivity contribution is 0.373. The number of phenolic OH excluding ortho intramolecular Hbond substituents is 1. The Bertz CT molecular complexity index is 1250. The van der Waals surface area contributed by atoms with Crippen LogP contribution in [0.3, 0.4) is 0 Å². The van der Waals surface area contributed by atoms with Crippen LogP contribution in [0, 0.1) is 13.8 Å². The summed E-state index contributed by atoms with van der Waals surface area (Å²) < 4.78 is 7.25. The molecule has 0 bridgehead atoms. The maximum Gasteiger partial charge on any atom is 0.274 e. The molecule has 0 aliphatic carbocycles. The van der Waals surface area contributed by atoms with Gasteiger partial charge in [-0.2, -0.15) is 0 Å². The van der Waals surface area contributed by atoms with Crippen LogP contribution in [-0.2, 0) is 0 Å². The molecule has 3 heterocycles. The number of hydrogen-bond acceptors (Lipinski definition) is 6. The lowest BCUT2D eigenvalue weighted by atomic mass is 10.1. The normalized spacial score (nSPS) is 12.0. The van der Waals surface area contributed by atoms with Crippen molar-refractivity contribution >= 4 is 22.4 Å². The smallest absolute Gasteiger partial charge is 0.274 e. The Morgan fingerprint density at radius 1 is 1.15 bits per heavy atom. The number of rotatable bonds is 3. The van der Waals surface area contributed by atoms with Crippen molar-refractivity contribution in [2.45, 2.75) is 13.8 Å². The zero-order valence-corrected chi connectivity index (χ0v) is 15.9. The molecule has 6 nitrogen and oxygen atoms in total. The average molecular weight is 379 g/mol. The molecule has 0 radical (unpaired) electrons. The highest BCUT2D eigenvalue weighted by atomic mass is 32.1. The van der Waals surface area contributed by atoms with Gasteiger partial charge in [0.2, 0.25) is 0 Å². The molecule has 1 N–H and O–H groups in total. The Morgan fingerprint density at radius 2 is 1.89 bits per heavy atom. The van der Waals surface area contributed by atoms with Gasteiger partial charge in [-0.3, -0.25) is 14.2 Å². The number of aryl methyl sites for hydroxylation is 2. The summed E-state index contributed by atoms with van der Waals surface area (Å²) in [4.78, 5) is 22.4. The van der Waals surface area contributed by atoms with E-state index in [-0.39, 0.29) is 11.3 Å². The predicted octanol–water partition coefficient (Wildman–Crippen LogP) is 2.70. The molecule has 0 aliphatic heterocycles. The zero-order chi connectivity index (χ0) is 19.1. The monoisotopic (exact) mass is 379 g/mol. The fourth-order valence-corrected chi connectivity index (χ4v) is 3.94. The third kappa shape index (κ3) is 3.17. The summed E-state index contributed by atoms with van der Waals surface area (Å²) in [6, 6.07) is 8.87. The number of aromatic hydroxyl groups is 1. The van der Waals surface area contributed by atoms with Gasteiger partial charge in [-0.15, -0.1) is 0 Å². The third-order valence-corrected chi connectivity index (χ3v) is 5.17. The first-order chi connectivity index (χ1) is 12.9. The molecule has 136 valence electrons. The number of benzene rings is 1. The number of fused-ring (bicyclic) bond motifs is 1. The van der Waals surface area contributed by atoms with E-state index in [4.69, 9.17) is 4.74 Å². The molecular formula is C20H17N3O3S. The second kappa shape index (κ2) is 6.51. The topological polar surface area (TPSA) is 76.7 Å². The molecule has 4 rings (SSSR count). The van der Waals surface area contributed by atoms with Crippen LogP contribution in [0.1, 0.15) is 17.0 Å². The second-order valence-electron chi connectivity index (χ2n) is 6.26. The Morgan fingerprint density at radius 3 is 2.56 bits per heavy atom. The average Bonchev–Trinajstić information content (AvgIpc) is 3.16. The van der Waals surface area contributed by atoms with E-state index in [1.165, 1.54) is 18.4 Å². The summed E-state index contributed by atoms with van der Waals surface area (Å²) in [5.74, 6) is 0.425. The molecule has 27 heavy (non-hydrogen) atoms. The number of ether oxygens (including phenoxy) is 1. The van der Waals surface area contributed by atoms with E-state index < -0.39 is 0 Å². The van der Waals surface area contributed by atoms with Gasteiger partial charge in [-0.05, 0) is 49.8 Å². The summed E-state index contributed by atoms with van der Waals surface area (Å²) in [5, 5.41) is 9.70. The molecule has 0 amide bonds. The number of nitrogens with zero attached hydrogens (tertiary/aromatic N) is 3.